The van der Waals surface area contributed by atoms with Crippen LogP contribution in [-0.2, 0) is 22.3 Å². The maximum absolute atomic E-state index is 14.4. The second-order valence-electron chi connectivity index (χ2n) is 16.8. The van der Waals surface area contributed by atoms with Gasteiger partial charge in [0.1, 0.15) is 24.7 Å². The normalized spacial score (nSPS) is 19.4. The smallest absolute Gasteiger partial charge is 0.255 e. The topological polar surface area (TPSA) is 195 Å². The summed E-state index contributed by atoms with van der Waals surface area (Å²) in [4.78, 5) is 41.4. The van der Waals surface area contributed by atoms with Crippen LogP contribution in [0.5, 0.6) is 23.0 Å². The molecule has 350 valence electrons. The maximum atomic E-state index is 14.4. The second kappa shape index (κ2) is 20.0. The van der Waals surface area contributed by atoms with Crippen LogP contribution in [0.3, 0.4) is 0 Å². The number of anilines is 4. The number of H-pyrrole nitrogens is 2. The standard InChI is InChI=1S/C25H27FN4O4.C24H25ClN4O4/c1-14-11-19-21(25(31)28-14)23(29-18-7-3-6-17(26)24(18)32-2)22(30-19)16-8-9-27-12-20(16)34-13-15-5-4-10-33-15;1-13-10-18-20(24(30)27-13)22(28-17-5-3-4-16(25)23(17)31-2)21(29-18)15-6-8-26-11-19(15)33-12-14-7-9-32-14/h3,6-9,12,14-15,29-30H,4-5,10-11,13H2,1-2H3,(H,28,31);3-6,8,11,13-14,28-29H,7,9-10,12H2,1-2H3,(H,27,30)/t14?,15-;13-,14+/m01/s1. The van der Waals surface area contributed by atoms with Crippen LogP contribution in [0, 0.1) is 5.82 Å². The van der Waals surface area contributed by atoms with Gasteiger partial charge in [-0.15, -0.1) is 0 Å². The van der Waals surface area contributed by atoms with E-state index in [1.54, 1.807) is 50.1 Å². The fourth-order valence-corrected chi connectivity index (χ4v) is 8.98. The van der Waals surface area contributed by atoms with Crippen LogP contribution in [0.15, 0.2) is 73.3 Å². The number of nitrogens with zero attached hydrogens (tertiary/aromatic N) is 2. The first-order valence-electron chi connectivity index (χ1n) is 22.3. The predicted molar refractivity (Wildman–Crippen MR) is 251 cm³/mol. The van der Waals surface area contributed by atoms with Crippen molar-refractivity contribution in [2.45, 2.75) is 70.2 Å². The van der Waals surface area contributed by atoms with Gasteiger partial charge in [-0.3, -0.25) is 19.6 Å². The van der Waals surface area contributed by atoms with Gasteiger partial charge in [0.05, 0.1) is 89.1 Å². The van der Waals surface area contributed by atoms with Gasteiger partial charge in [-0.2, -0.15) is 0 Å². The highest BCUT2D eigenvalue weighted by atomic mass is 35.5. The molecular formula is C49H52ClFN8O8. The summed E-state index contributed by atoms with van der Waals surface area (Å²) in [5.74, 6) is 0.899. The Morgan fingerprint density at radius 3 is 1.72 bits per heavy atom. The van der Waals surface area contributed by atoms with Crippen molar-refractivity contribution >= 4 is 46.2 Å². The molecule has 2 aromatic carbocycles. The summed E-state index contributed by atoms with van der Waals surface area (Å²) in [6, 6.07) is 13.8. The summed E-state index contributed by atoms with van der Waals surface area (Å²) < 4.78 is 48.5. The Morgan fingerprint density at radius 2 is 1.22 bits per heavy atom. The lowest BCUT2D eigenvalue weighted by atomic mass is 10.0. The highest BCUT2D eigenvalue weighted by Gasteiger charge is 2.33. The lowest BCUT2D eigenvalue weighted by molar-refractivity contribution is -0.0720. The van der Waals surface area contributed by atoms with E-state index in [2.05, 4.69) is 41.2 Å². The third kappa shape index (κ3) is 9.57. The average molecular weight is 935 g/mol. The highest BCUT2D eigenvalue weighted by molar-refractivity contribution is 6.32. The number of carbonyl (C=O) groups excluding carboxylic acids is 2. The van der Waals surface area contributed by atoms with Crippen molar-refractivity contribution in [3.63, 3.8) is 0 Å². The van der Waals surface area contributed by atoms with Crippen molar-refractivity contribution < 1.29 is 42.4 Å². The zero-order valence-electron chi connectivity index (χ0n) is 37.5. The first kappa shape index (κ1) is 45.3. The summed E-state index contributed by atoms with van der Waals surface area (Å²) >= 11 is 6.34. The molecular weight excluding hydrogens is 883 g/mol. The van der Waals surface area contributed by atoms with Crippen LogP contribution in [0.4, 0.5) is 27.1 Å². The van der Waals surface area contributed by atoms with E-state index in [0.29, 0.717) is 87.9 Å². The molecule has 4 atom stereocenters. The van der Waals surface area contributed by atoms with Crippen LogP contribution >= 0.6 is 11.6 Å². The van der Waals surface area contributed by atoms with Crippen molar-refractivity contribution in [2.24, 2.45) is 0 Å². The number of amides is 2. The summed E-state index contributed by atoms with van der Waals surface area (Å²) in [6.45, 7) is 6.30. The Morgan fingerprint density at radius 1 is 0.716 bits per heavy atom. The van der Waals surface area contributed by atoms with Gasteiger partial charge in [0, 0.05) is 79.5 Å². The van der Waals surface area contributed by atoms with Gasteiger partial charge < -0.3 is 59.7 Å². The molecule has 6 N–H and O–H groups in total. The van der Waals surface area contributed by atoms with Crippen molar-refractivity contribution in [3.05, 3.63) is 107 Å². The number of rotatable bonds is 14. The van der Waals surface area contributed by atoms with Crippen LogP contribution in [0.2, 0.25) is 5.02 Å². The Hall–Kier alpha value is -6.82. The van der Waals surface area contributed by atoms with Gasteiger partial charge in [-0.05, 0) is 63.1 Å². The average Bonchev–Trinajstić information content (AvgIpc) is 4.04. The number of nitrogens with one attached hydrogen (secondary N) is 6. The molecule has 4 aromatic heterocycles. The summed E-state index contributed by atoms with van der Waals surface area (Å²) in [6.07, 6.45) is 11.1. The number of para-hydroxylation sites is 2. The molecule has 4 aliphatic heterocycles. The van der Waals surface area contributed by atoms with E-state index < -0.39 is 5.82 Å². The number of fused-ring (bicyclic) bond motifs is 2. The molecule has 4 aliphatic rings. The van der Waals surface area contributed by atoms with E-state index in [9.17, 15) is 14.0 Å². The van der Waals surface area contributed by atoms with Gasteiger partial charge in [0.25, 0.3) is 11.8 Å². The molecule has 0 spiro atoms. The third-order valence-corrected chi connectivity index (χ3v) is 12.3. The summed E-state index contributed by atoms with van der Waals surface area (Å²) in [5.41, 5.74) is 7.85. The minimum atomic E-state index is -0.499. The number of aromatic nitrogens is 4. The first-order chi connectivity index (χ1) is 32.6. The zero-order chi connectivity index (χ0) is 46.6. The van der Waals surface area contributed by atoms with Crippen LogP contribution in [0.1, 0.15) is 65.2 Å². The minimum Gasteiger partial charge on any atom is -0.493 e. The number of benzene rings is 2. The lowest BCUT2D eigenvalue weighted by Crippen LogP contribution is -2.39. The molecule has 2 amide bonds. The number of aromatic amines is 2. The molecule has 2 fully saturated rings. The van der Waals surface area contributed by atoms with E-state index in [4.69, 9.17) is 40.0 Å². The summed E-state index contributed by atoms with van der Waals surface area (Å²) in [5, 5.41) is 13.1. The quantitative estimate of drug-likeness (QED) is 0.0611. The van der Waals surface area contributed by atoms with Gasteiger partial charge in [0.15, 0.2) is 17.3 Å². The molecule has 0 saturated carbocycles. The van der Waals surface area contributed by atoms with E-state index >= 15 is 0 Å². The summed E-state index contributed by atoms with van der Waals surface area (Å²) in [7, 11) is 2.97. The van der Waals surface area contributed by atoms with E-state index in [1.165, 1.54) is 13.2 Å². The van der Waals surface area contributed by atoms with Gasteiger partial charge in [-0.1, -0.05) is 23.7 Å². The van der Waals surface area contributed by atoms with Gasteiger partial charge in [0.2, 0.25) is 0 Å². The Kier molecular flexibility index (Phi) is 13.5. The van der Waals surface area contributed by atoms with Crippen LogP contribution in [0.25, 0.3) is 22.5 Å². The second-order valence-corrected chi connectivity index (χ2v) is 17.2. The minimum absolute atomic E-state index is 0.0178. The fraction of sp³-hybridized carbons (Fsp3) is 0.347. The Labute approximate surface area is 391 Å². The predicted octanol–water partition coefficient (Wildman–Crippen LogP) is 8.52. The molecule has 1 unspecified atom stereocenters. The SMILES string of the molecule is COc1c(Cl)cccc1Nc1c(-c2ccncc2OC[C@@H]2CCO2)[nH]c2c1C(=O)N[C@H](C)C2.COc1c(F)cccc1Nc1c(-c2ccncc2OC[C@@H]2CCCO2)[nH]c2c1C(=O)NC(C)C2. The molecule has 2 saturated heterocycles. The van der Waals surface area contributed by atoms with Gasteiger partial charge in [-0.25, -0.2) is 4.39 Å². The number of pyridine rings is 2. The molecule has 10 rings (SSSR count). The van der Waals surface area contributed by atoms with Crippen molar-refractivity contribution in [3.8, 4) is 45.5 Å². The molecule has 18 heteroatoms. The molecule has 67 heavy (non-hydrogen) atoms. The Bertz CT molecular complexity index is 2770. The lowest BCUT2D eigenvalue weighted by Gasteiger charge is -2.26. The molecule has 0 radical (unpaired) electrons. The van der Waals surface area contributed by atoms with E-state index in [1.807, 2.05) is 38.1 Å². The number of ether oxygens (including phenoxy) is 6. The Balaban J connectivity index is 0.000000168. The number of methoxy groups -OCH3 is 2. The molecule has 16 nitrogen and oxygen atoms in total. The molecule has 8 heterocycles. The van der Waals surface area contributed by atoms with Crippen molar-refractivity contribution in [2.75, 3.05) is 51.3 Å². The largest absolute Gasteiger partial charge is 0.493 e. The van der Waals surface area contributed by atoms with E-state index in [-0.39, 0.29) is 41.9 Å². The van der Waals surface area contributed by atoms with Gasteiger partial charge >= 0.3 is 0 Å². The first-order valence-corrected chi connectivity index (χ1v) is 22.7. The molecule has 0 aliphatic carbocycles. The fourth-order valence-electron chi connectivity index (χ4n) is 8.73. The van der Waals surface area contributed by atoms with Crippen molar-refractivity contribution in [1.82, 2.24) is 30.6 Å². The number of hydrogen-bond acceptors (Lipinski definition) is 12. The van der Waals surface area contributed by atoms with Crippen molar-refractivity contribution in [1.29, 1.82) is 0 Å². The van der Waals surface area contributed by atoms with E-state index in [0.717, 1.165) is 60.7 Å². The zero-order valence-corrected chi connectivity index (χ0v) is 38.3. The van der Waals surface area contributed by atoms with Crippen LogP contribution < -0.4 is 40.2 Å². The number of carbonyl (C=O) groups is 2. The monoisotopic (exact) mass is 934 g/mol. The number of halogens is 2. The maximum Gasteiger partial charge on any atom is 0.255 e. The molecule has 6 aromatic rings. The third-order valence-electron chi connectivity index (χ3n) is 12.0. The van der Waals surface area contributed by atoms with Crippen LogP contribution in [-0.4, -0.2) is 96.7 Å². The highest BCUT2D eigenvalue weighted by Crippen LogP contribution is 2.45. The molecule has 0 bridgehead atoms. The number of hydrogen-bond donors (Lipinski definition) is 6.